The van der Waals surface area contributed by atoms with Gasteiger partial charge in [0.1, 0.15) is 0 Å². The van der Waals surface area contributed by atoms with Crippen LogP contribution in [0.15, 0.2) is 0 Å². The summed E-state index contributed by atoms with van der Waals surface area (Å²) in [5.41, 5.74) is 0.0363. The van der Waals surface area contributed by atoms with Gasteiger partial charge in [0, 0.05) is 25.2 Å². The molecule has 1 aliphatic heterocycles. The zero-order chi connectivity index (χ0) is 13.9. The van der Waals surface area contributed by atoms with Crippen molar-refractivity contribution in [3.05, 3.63) is 0 Å². The molecule has 0 spiro atoms. The Morgan fingerprint density at radius 1 is 0.950 bits per heavy atom. The molecule has 5 rings (SSSR count). The average Bonchev–Trinajstić information content (AvgIpc) is 2.36. The van der Waals surface area contributed by atoms with Crippen LogP contribution in [0.3, 0.4) is 0 Å². The fourth-order valence-electron chi connectivity index (χ4n) is 6.18. The minimum Gasteiger partial charge on any atom is -0.334 e. The quantitative estimate of drug-likeness (QED) is 0.797. The van der Waals surface area contributed by atoms with E-state index in [9.17, 15) is 4.79 Å². The van der Waals surface area contributed by atoms with Gasteiger partial charge in [0.15, 0.2) is 0 Å². The van der Waals surface area contributed by atoms with Gasteiger partial charge in [-0.1, -0.05) is 0 Å². The molecule has 5 aliphatic rings. The van der Waals surface area contributed by atoms with E-state index in [4.69, 9.17) is 0 Å². The van der Waals surface area contributed by atoms with Gasteiger partial charge >= 0.3 is 0 Å². The lowest BCUT2D eigenvalue weighted by molar-refractivity contribution is -0.163. The molecule has 4 saturated carbocycles. The van der Waals surface area contributed by atoms with Crippen molar-refractivity contribution < 1.29 is 4.79 Å². The highest BCUT2D eigenvalue weighted by molar-refractivity contribution is 5.84. The van der Waals surface area contributed by atoms with Gasteiger partial charge < -0.3 is 10.2 Å². The van der Waals surface area contributed by atoms with Crippen molar-refractivity contribution >= 4 is 5.91 Å². The number of piperazine rings is 1. The van der Waals surface area contributed by atoms with Crippen LogP contribution >= 0.6 is 0 Å². The Bertz CT molecular complexity index is 374. The van der Waals surface area contributed by atoms with E-state index >= 15 is 0 Å². The van der Waals surface area contributed by atoms with E-state index in [1.54, 1.807) is 0 Å². The molecule has 0 aromatic heterocycles. The second-order valence-electron chi connectivity index (χ2n) is 8.27. The Balaban J connectivity index is 1.61. The Labute approximate surface area is 122 Å². The normalized spacial score (nSPS) is 50.5. The summed E-state index contributed by atoms with van der Waals surface area (Å²) in [6, 6.07) is 0.721. The molecule has 3 heteroatoms. The maximum atomic E-state index is 13.4. The molecule has 1 N–H and O–H groups in total. The smallest absolute Gasteiger partial charge is 0.229 e. The third-order valence-corrected chi connectivity index (χ3v) is 6.56. The molecule has 0 aromatic rings. The van der Waals surface area contributed by atoms with Crippen LogP contribution in [0.2, 0.25) is 0 Å². The first-order valence-corrected chi connectivity index (χ1v) is 8.61. The number of carbonyl (C=O) groups excluding carboxylic acids is 1. The molecule has 20 heavy (non-hydrogen) atoms. The largest absolute Gasteiger partial charge is 0.334 e. The van der Waals surface area contributed by atoms with Gasteiger partial charge in [0.05, 0.1) is 5.41 Å². The van der Waals surface area contributed by atoms with E-state index in [1.165, 1.54) is 38.5 Å². The number of nitrogens with one attached hydrogen (secondary N) is 1. The highest BCUT2D eigenvalue weighted by Crippen LogP contribution is 2.60. The summed E-state index contributed by atoms with van der Waals surface area (Å²) in [5.74, 6) is 3.09. The van der Waals surface area contributed by atoms with Gasteiger partial charge in [-0.2, -0.15) is 0 Å². The minimum atomic E-state index is 0.0363. The van der Waals surface area contributed by atoms with Crippen molar-refractivity contribution in [1.82, 2.24) is 10.2 Å². The Kier molecular flexibility index (Phi) is 2.93. The Hall–Kier alpha value is -0.570. The molecule has 1 saturated heterocycles. The summed E-state index contributed by atoms with van der Waals surface area (Å²) in [4.78, 5) is 15.6. The molecule has 0 aromatic carbocycles. The van der Waals surface area contributed by atoms with Crippen LogP contribution in [-0.2, 0) is 4.79 Å². The molecule has 4 aliphatic carbocycles. The Morgan fingerprint density at radius 2 is 1.40 bits per heavy atom. The van der Waals surface area contributed by atoms with Crippen molar-refractivity contribution in [3.8, 4) is 0 Å². The van der Waals surface area contributed by atoms with E-state index in [2.05, 4.69) is 24.1 Å². The maximum Gasteiger partial charge on any atom is 0.229 e. The van der Waals surface area contributed by atoms with Crippen LogP contribution in [0.4, 0.5) is 0 Å². The van der Waals surface area contributed by atoms with Gasteiger partial charge in [-0.15, -0.1) is 0 Å². The lowest BCUT2D eigenvalue weighted by atomic mass is 9.49. The van der Waals surface area contributed by atoms with E-state index in [1.807, 2.05) is 0 Å². The van der Waals surface area contributed by atoms with E-state index < -0.39 is 0 Å². The molecular formula is C17H28N2O. The van der Waals surface area contributed by atoms with Crippen LogP contribution in [-0.4, -0.2) is 36.0 Å². The van der Waals surface area contributed by atoms with E-state index in [0.29, 0.717) is 18.0 Å². The van der Waals surface area contributed by atoms with Crippen LogP contribution in [0.5, 0.6) is 0 Å². The molecule has 1 heterocycles. The summed E-state index contributed by atoms with van der Waals surface area (Å²) < 4.78 is 0. The maximum absolute atomic E-state index is 13.4. The molecule has 2 unspecified atom stereocenters. The van der Waals surface area contributed by atoms with Crippen molar-refractivity contribution in [2.24, 2.45) is 23.2 Å². The van der Waals surface area contributed by atoms with Gasteiger partial charge in [-0.25, -0.2) is 0 Å². The molecule has 5 fully saturated rings. The zero-order valence-electron chi connectivity index (χ0n) is 12.9. The second kappa shape index (κ2) is 4.46. The van der Waals surface area contributed by atoms with Crippen LogP contribution in [0, 0.1) is 23.2 Å². The van der Waals surface area contributed by atoms with Gasteiger partial charge in [0.2, 0.25) is 5.91 Å². The second-order valence-corrected chi connectivity index (χ2v) is 8.27. The SMILES string of the molecule is CC1CNCC(C)N1C(=O)C12CC3CC(CC(C3)C1)C2. The van der Waals surface area contributed by atoms with Crippen molar-refractivity contribution in [2.45, 2.75) is 64.5 Å². The summed E-state index contributed by atoms with van der Waals surface area (Å²) in [7, 11) is 0. The van der Waals surface area contributed by atoms with Gasteiger partial charge in [-0.05, 0) is 70.1 Å². The summed E-state index contributed by atoms with van der Waals surface area (Å²) in [5, 5.41) is 3.45. The van der Waals surface area contributed by atoms with Gasteiger partial charge in [0.25, 0.3) is 0 Å². The molecular weight excluding hydrogens is 248 g/mol. The van der Waals surface area contributed by atoms with Crippen LogP contribution in [0.1, 0.15) is 52.4 Å². The van der Waals surface area contributed by atoms with Crippen LogP contribution in [0.25, 0.3) is 0 Å². The standard InChI is InChI=1S/C17H28N2O/c1-11-9-18-10-12(2)19(11)16(20)17-6-13-3-14(7-17)5-15(4-13)8-17/h11-15,18H,3-10H2,1-2H3. The van der Waals surface area contributed by atoms with Crippen molar-refractivity contribution in [1.29, 1.82) is 0 Å². The molecule has 112 valence electrons. The lowest BCUT2D eigenvalue weighted by Crippen LogP contribution is -2.63. The average molecular weight is 276 g/mol. The van der Waals surface area contributed by atoms with Crippen molar-refractivity contribution in [2.75, 3.05) is 13.1 Å². The molecule has 3 nitrogen and oxygen atoms in total. The highest BCUT2D eigenvalue weighted by atomic mass is 16.2. The number of hydrogen-bond donors (Lipinski definition) is 1. The predicted octanol–water partition coefficient (Wildman–Crippen LogP) is 2.41. The Morgan fingerprint density at radius 3 is 1.85 bits per heavy atom. The predicted molar refractivity (Wildman–Crippen MR) is 79.2 cm³/mol. The first kappa shape index (κ1) is 13.1. The highest BCUT2D eigenvalue weighted by Gasteiger charge is 2.56. The lowest BCUT2D eigenvalue weighted by Gasteiger charge is -2.58. The number of carbonyl (C=O) groups is 1. The monoisotopic (exact) mass is 276 g/mol. The van der Waals surface area contributed by atoms with E-state index in [-0.39, 0.29) is 5.41 Å². The topological polar surface area (TPSA) is 32.3 Å². The summed E-state index contributed by atoms with van der Waals surface area (Å²) in [6.45, 7) is 6.34. The molecule has 2 atom stereocenters. The number of nitrogens with zero attached hydrogens (tertiary/aromatic N) is 1. The van der Waals surface area contributed by atoms with Crippen LogP contribution < -0.4 is 5.32 Å². The fraction of sp³-hybridized carbons (Fsp3) is 0.941. The molecule has 1 amide bonds. The number of hydrogen-bond acceptors (Lipinski definition) is 2. The number of amides is 1. The fourth-order valence-corrected chi connectivity index (χ4v) is 6.18. The molecule has 0 radical (unpaired) electrons. The summed E-state index contributed by atoms with van der Waals surface area (Å²) >= 11 is 0. The summed E-state index contributed by atoms with van der Waals surface area (Å²) in [6.07, 6.45) is 7.83. The minimum absolute atomic E-state index is 0.0363. The van der Waals surface area contributed by atoms with Crippen molar-refractivity contribution in [3.63, 3.8) is 0 Å². The molecule has 4 bridgehead atoms. The first-order chi connectivity index (χ1) is 9.57. The third kappa shape index (κ3) is 1.85. The number of rotatable bonds is 1. The zero-order valence-corrected chi connectivity index (χ0v) is 12.9. The van der Waals surface area contributed by atoms with Gasteiger partial charge in [-0.3, -0.25) is 4.79 Å². The first-order valence-electron chi connectivity index (χ1n) is 8.61. The third-order valence-electron chi connectivity index (χ3n) is 6.56. The van der Waals surface area contributed by atoms with E-state index in [0.717, 1.165) is 30.8 Å².